The molecule has 6 nitrogen and oxygen atoms in total. The maximum absolute atomic E-state index is 12.0. The first-order valence-electron chi connectivity index (χ1n) is 6.60. The van der Waals surface area contributed by atoms with Crippen molar-refractivity contribution in [2.45, 2.75) is 6.92 Å². The Kier molecular flexibility index (Phi) is 3.57. The van der Waals surface area contributed by atoms with Crippen molar-refractivity contribution in [3.05, 3.63) is 60.3 Å². The van der Waals surface area contributed by atoms with Gasteiger partial charge in [-0.3, -0.25) is 4.79 Å². The fraction of sp³-hybridized carbons (Fsp3) is 0.0625. The van der Waals surface area contributed by atoms with Gasteiger partial charge >= 0.3 is 0 Å². The van der Waals surface area contributed by atoms with Gasteiger partial charge in [-0.2, -0.15) is 0 Å². The molecule has 2 heterocycles. The topological polar surface area (TPSA) is 88.2 Å². The first-order chi connectivity index (χ1) is 10.6. The molecule has 0 aliphatic rings. The third-order valence-corrected chi connectivity index (χ3v) is 3.12. The van der Waals surface area contributed by atoms with E-state index in [1.54, 1.807) is 37.3 Å². The van der Waals surface area contributed by atoms with Crippen LogP contribution in [-0.4, -0.2) is 21.0 Å². The molecule has 6 heteroatoms. The number of nitrogens with one attached hydrogen (secondary N) is 1. The molecule has 1 amide bonds. The van der Waals surface area contributed by atoms with E-state index in [0.717, 1.165) is 0 Å². The van der Waals surface area contributed by atoms with Crippen LogP contribution in [0.3, 0.4) is 0 Å². The SMILES string of the molecule is Cc1occc1C(=O)Nc1cnc(-c2cccc(O)c2)nc1. The first-order valence-corrected chi connectivity index (χ1v) is 6.60. The highest BCUT2D eigenvalue weighted by Crippen LogP contribution is 2.20. The summed E-state index contributed by atoms with van der Waals surface area (Å²) in [4.78, 5) is 20.4. The van der Waals surface area contributed by atoms with Gasteiger partial charge in [0.15, 0.2) is 5.82 Å². The van der Waals surface area contributed by atoms with Crippen LogP contribution in [0.15, 0.2) is 53.4 Å². The molecule has 0 bridgehead atoms. The lowest BCUT2D eigenvalue weighted by Gasteiger charge is -2.05. The minimum Gasteiger partial charge on any atom is -0.508 e. The molecule has 2 N–H and O–H groups in total. The predicted octanol–water partition coefficient (Wildman–Crippen LogP) is 3.00. The normalized spacial score (nSPS) is 10.4. The standard InChI is InChI=1S/C16H13N3O3/c1-10-14(5-6-22-10)16(21)19-12-8-17-15(18-9-12)11-3-2-4-13(20)7-11/h2-9,20H,1H3,(H,19,21). The average Bonchev–Trinajstić information content (AvgIpc) is 2.94. The molecular weight excluding hydrogens is 282 g/mol. The second-order valence-electron chi connectivity index (χ2n) is 4.69. The van der Waals surface area contributed by atoms with Crippen LogP contribution in [0.1, 0.15) is 16.1 Å². The zero-order valence-corrected chi connectivity index (χ0v) is 11.8. The minimum absolute atomic E-state index is 0.147. The molecule has 0 atom stereocenters. The number of carbonyl (C=O) groups is 1. The predicted molar refractivity (Wildman–Crippen MR) is 80.5 cm³/mol. The number of hydrogen-bond acceptors (Lipinski definition) is 5. The average molecular weight is 295 g/mol. The Morgan fingerprint density at radius 2 is 2.00 bits per heavy atom. The summed E-state index contributed by atoms with van der Waals surface area (Å²) >= 11 is 0. The summed E-state index contributed by atoms with van der Waals surface area (Å²) in [7, 11) is 0. The number of aromatic hydroxyl groups is 1. The molecule has 0 radical (unpaired) electrons. The lowest BCUT2D eigenvalue weighted by atomic mass is 10.2. The summed E-state index contributed by atoms with van der Waals surface area (Å²) in [5.41, 5.74) is 1.65. The molecule has 3 rings (SSSR count). The highest BCUT2D eigenvalue weighted by Gasteiger charge is 2.12. The monoisotopic (exact) mass is 295 g/mol. The van der Waals surface area contributed by atoms with E-state index in [9.17, 15) is 9.90 Å². The van der Waals surface area contributed by atoms with Crippen LogP contribution in [0.2, 0.25) is 0 Å². The van der Waals surface area contributed by atoms with E-state index in [0.29, 0.717) is 28.4 Å². The van der Waals surface area contributed by atoms with Crippen LogP contribution >= 0.6 is 0 Å². The number of amides is 1. The van der Waals surface area contributed by atoms with Crippen LogP contribution in [0.25, 0.3) is 11.4 Å². The number of nitrogens with zero attached hydrogens (tertiary/aromatic N) is 2. The van der Waals surface area contributed by atoms with Gasteiger partial charge in [-0.05, 0) is 25.1 Å². The first kappa shape index (κ1) is 13.8. The lowest BCUT2D eigenvalue weighted by molar-refractivity contribution is 0.102. The number of hydrogen-bond donors (Lipinski definition) is 2. The van der Waals surface area contributed by atoms with Crippen molar-refractivity contribution in [2.75, 3.05) is 5.32 Å². The number of furan rings is 1. The zero-order valence-electron chi connectivity index (χ0n) is 11.8. The molecule has 0 saturated carbocycles. The largest absolute Gasteiger partial charge is 0.508 e. The van der Waals surface area contributed by atoms with Crippen LogP contribution in [0, 0.1) is 6.92 Å². The molecule has 0 saturated heterocycles. The number of aryl methyl sites for hydroxylation is 1. The van der Waals surface area contributed by atoms with Gasteiger partial charge in [-0.15, -0.1) is 0 Å². The van der Waals surface area contributed by atoms with E-state index >= 15 is 0 Å². The number of benzene rings is 1. The van der Waals surface area contributed by atoms with Crippen LogP contribution < -0.4 is 5.32 Å². The Bertz CT molecular complexity index is 810. The van der Waals surface area contributed by atoms with Crippen molar-refractivity contribution in [1.82, 2.24) is 9.97 Å². The second-order valence-corrected chi connectivity index (χ2v) is 4.69. The van der Waals surface area contributed by atoms with Gasteiger partial charge in [0.25, 0.3) is 5.91 Å². The smallest absolute Gasteiger partial charge is 0.259 e. The van der Waals surface area contributed by atoms with Crippen LogP contribution in [0.5, 0.6) is 5.75 Å². The maximum Gasteiger partial charge on any atom is 0.259 e. The molecule has 0 unspecified atom stereocenters. The highest BCUT2D eigenvalue weighted by atomic mass is 16.3. The highest BCUT2D eigenvalue weighted by molar-refractivity contribution is 6.04. The van der Waals surface area contributed by atoms with Gasteiger partial charge < -0.3 is 14.8 Å². The van der Waals surface area contributed by atoms with Crippen LogP contribution in [0.4, 0.5) is 5.69 Å². The van der Waals surface area contributed by atoms with E-state index in [4.69, 9.17) is 4.42 Å². The summed E-state index contributed by atoms with van der Waals surface area (Å²) in [6.07, 6.45) is 4.49. The Labute approximate surface area is 126 Å². The number of phenols is 1. The Hall–Kier alpha value is -3.15. The summed E-state index contributed by atoms with van der Waals surface area (Å²) in [6, 6.07) is 8.26. The van der Waals surface area contributed by atoms with E-state index < -0.39 is 0 Å². The van der Waals surface area contributed by atoms with Gasteiger partial charge in [-0.25, -0.2) is 9.97 Å². The third-order valence-electron chi connectivity index (χ3n) is 3.12. The van der Waals surface area contributed by atoms with Crippen molar-refractivity contribution in [1.29, 1.82) is 0 Å². The van der Waals surface area contributed by atoms with E-state index in [1.807, 2.05) is 0 Å². The van der Waals surface area contributed by atoms with Crippen LogP contribution in [-0.2, 0) is 0 Å². The quantitative estimate of drug-likeness (QED) is 0.775. The Morgan fingerprint density at radius 1 is 1.23 bits per heavy atom. The number of rotatable bonds is 3. The zero-order chi connectivity index (χ0) is 15.5. The molecule has 1 aromatic carbocycles. The second kappa shape index (κ2) is 5.69. The molecule has 3 aromatic rings. The summed E-state index contributed by atoms with van der Waals surface area (Å²) in [5, 5.41) is 12.2. The number of phenolic OH excluding ortho intramolecular Hbond substituents is 1. The molecular formula is C16H13N3O3. The van der Waals surface area contributed by atoms with Gasteiger partial charge in [0.1, 0.15) is 11.5 Å². The van der Waals surface area contributed by atoms with E-state index in [1.165, 1.54) is 18.7 Å². The minimum atomic E-state index is -0.278. The summed E-state index contributed by atoms with van der Waals surface area (Å²) in [5.74, 6) is 0.886. The molecule has 22 heavy (non-hydrogen) atoms. The number of carbonyl (C=O) groups excluding carboxylic acids is 1. The number of anilines is 1. The fourth-order valence-electron chi connectivity index (χ4n) is 2.01. The van der Waals surface area contributed by atoms with E-state index in [2.05, 4.69) is 15.3 Å². The van der Waals surface area contributed by atoms with Crippen molar-refractivity contribution in [2.24, 2.45) is 0 Å². The maximum atomic E-state index is 12.0. The van der Waals surface area contributed by atoms with Crippen molar-refractivity contribution < 1.29 is 14.3 Å². The Balaban J connectivity index is 1.77. The summed E-state index contributed by atoms with van der Waals surface area (Å²) < 4.78 is 5.10. The van der Waals surface area contributed by atoms with Crippen molar-refractivity contribution >= 4 is 11.6 Å². The van der Waals surface area contributed by atoms with Gasteiger partial charge in [0.05, 0.1) is 29.9 Å². The third kappa shape index (κ3) is 2.80. The molecule has 0 aliphatic heterocycles. The Morgan fingerprint density at radius 3 is 2.64 bits per heavy atom. The molecule has 2 aromatic heterocycles. The molecule has 110 valence electrons. The van der Waals surface area contributed by atoms with Gasteiger partial charge in [-0.1, -0.05) is 12.1 Å². The fourth-order valence-corrected chi connectivity index (χ4v) is 2.01. The molecule has 0 spiro atoms. The van der Waals surface area contributed by atoms with Crippen molar-refractivity contribution in [3.63, 3.8) is 0 Å². The molecule has 0 aliphatic carbocycles. The van der Waals surface area contributed by atoms with Crippen molar-refractivity contribution in [3.8, 4) is 17.1 Å². The van der Waals surface area contributed by atoms with E-state index in [-0.39, 0.29) is 11.7 Å². The molecule has 0 fully saturated rings. The number of aromatic nitrogens is 2. The van der Waals surface area contributed by atoms with Gasteiger partial charge in [0.2, 0.25) is 0 Å². The lowest BCUT2D eigenvalue weighted by Crippen LogP contribution is -2.12. The van der Waals surface area contributed by atoms with Gasteiger partial charge in [0, 0.05) is 5.56 Å². The summed E-state index contributed by atoms with van der Waals surface area (Å²) in [6.45, 7) is 1.72.